The lowest BCUT2D eigenvalue weighted by atomic mass is 9.98. The summed E-state index contributed by atoms with van der Waals surface area (Å²) in [6.45, 7) is 5.77. The SMILES string of the molecule is CC(C)[C@H](N)C(=O)N1CCC[C@H]1c1nc2c(ccc3cc(-c4ccc5c(ccc6[nH]c([C@@H]7CCCN7)nc65)c4)ccc32)[nH]1. The van der Waals surface area contributed by atoms with Gasteiger partial charge >= 0.3 is 0 Å². The second-order valence-corrected chi connectivity index (χ2v) is 12.6. The number of hydrogen-bond donors (Lipinski definition) is 4. The summed E-state index contributed by atoms with van der Waals surface area (Å²) in [4.78, 5) is 32.2. The van der Waals surface area contributed by atoms with Gasteiger partial charge in [0.05, 0.1) is 40.2 Å². The van der Waals surface area contributed by atoms with Crippen molar-refractivity contribution in [3.8, 4) is 11.1 Å². The van der Waals surface area contributed by atoms with E-state index in [0.717, 1.165) is 82.4 Å². The molecule has 8 rings (SSSR count). The van der Waals surface area contributed by atoms with Gasteiger partial charge < -0.3 is 25.9 Å². The average Bonchev–Trinajstić information content (AvgIpc) is 3.84. The van der Waals surface area contributed by atoms with E-state index in [9.17, 15) is 4.79 Å². The van der Waals surface area contributed by atoms with Gasteiger partial charge in [0.25, 0.3) is 0 Å². The zero-order valence-corrected chi connectivity index (χ0v) is 24.7. The predicted octanol–water partition coefficient (Wildman–Crippen LogP) is 6.48. The number of hydrogen-bond acceptors (Lipinski definition) is 5. The van der Waals surface area contributed by atoms with Crippen LogP contribution in [0.5, 0.6) is 0 Å². The van der Waals surface area contributed by atoms with Crippen LogP contribution >= 0.6 is 0 Å². The van der Waals surface area contributed by atoms with Crippen LogP contribution in [0.25, 0.3) is 54.7 Å². The molecule has 0 saturated carbocycles. The van der Waals surface area contributed by atoms with Gasteiger partial charge in [-0.15, -0.1) is 0 Å². The maximum Gasteiger partial charge on any atom is 0.240 e. The van der Waals surface area contributed by atoms with E-state index >= 15 is 0 Å². The number of nitrogens with two attached hydrogens (primary N) is 1. The molecule has 218 valence electrons. The molecule has 4 aromatic carbocycles. The number of likely N-dealkylation sites (tertiary alicyclic amines) is 1. The summed E-state index contributed by atoms with van der Waals surface area (Å²) in [5.41, 5.74) is 12.6. The van der Waals surface area contributed by atoms with Gasteiger partial charge in [-0.3, -0.25) is 4.79 Å². The Hall–Kier alpha value is -4.27. The minimum atomic E-state index is -0.489. The molecule has 1 amide bonds. The van der Waals surface area contributed by atoms with E-state index in [1.807, 2.05) is 18.7 Å². The molecular formula is C35H37N7O. The van der Waals surface area contributed by atoms with Crippen molar-refractivity contribution >= 4 is 49.5 Å². The fraction of sp³-hybridized carbons (Fsp3) is 0.343. The van der Waals surface area contributed by atoms with Crippen molar-refractivity contribution in [2.75, 3.05) is 13.1 Å². The third-order valence-electron chi connectivity index (χ3n) is 9.55. The molecule has 43 heavy (non-hydrogen) atoms. The van der Waals surface area contributed by atoms with Gasteiger partial charge in [0, 0.05) is 17.3 Å². The average molecular weight is 572 g/mol. The van der Waals surface area contributed by atoms with Gasteiger partial charge in [0.15, 0.2) is 0 Å². The second kappa shape index (κ2) is 10.2. The maximum absolute atomic E-state index is 13.1. The Morgan fingerprint density at radius 1 is 0.837 bits per heavy atom. The van der Waals surface area contributed by atoms with Crippen LogP contribution in [0.1, 0.15) is 63.3 Å². The van der Waals surface area contributed by atoms with E-state index in [0.29, 0.717) is 6.04 Å². The standard InChI is InChI=1S/C35H37N7O/c1-19(2)30(36)35(43)42-16-4-6-29(42)34-39-27-14-10-23-18-21(8-12-25(23)32(27)41-34)20-7-11-24-22(17-20)9-13-26-31(24)40-33(38-26)28-5-3-15-37-28/h7-14,17-19,28-30,37H,3-6,15-16,36H2,1-2H3,(H,38,40)(H,39,41)/t28-,29-,30-/m0/s1. The summed E-state index contributed by atoms with van der Waals surface area (Å²) in [5, 5.41) is 8.14. The summed E-state index contributed by atoms with van der Waals surface area (Å²) in [5.74, 6) is 2.00. The zero-order valence-electron chi connectivity index (χ0n) is 24.7. The number of aromatic amines is 2. The van der Waals surface area contributed by atoms with Crippen molar-refractivity contribution in [2.45, 2.75) is 57.7 Å². The van der Waals surface area contributed by atoms with E-state index in [2.05, 4.69) is 75.9 Å². The molecule has 0 unspecified atom stereocenters. The highest BCUT2D eigenvalue weighted by atomic mass is 16.2. The van der Waals surface area contributed by atoms with E-state index in [1.165, 1.54) is 22.8 Å². The van der Waals surface area contributed by atoms with Gasteiger partial charge in [-0.25, -0.2) is 9.97 Å². The molecule has 0 aliphatic carbocycles. The summed E-state index contributed by atoms with van der Waals surface area (Å²) in [7, 11) is 0. The Kier molecular flexibility index (Phi) is 6.24. The normalized spacial score (nSPS) is 20.0. The molecule has 0 spiro atoms. The predicted molar refractivity (Wildman–Crippen MR) is 173 cm³/mol. The van der Waals surface area contributed by atoms with Crippen molar-refractivity contribution in [3.63, 3.8) is 0 Å². The van der Waals surface area contributed by atoms with E-state index < -0.39 is 6.04 Å². The summed E-state index contributed by atoms with van der Waals surface area (Å²) in [6, 6.07) is 21.6. The van der Waals surface area contributed by atoms with Crippen LogP contribution in [0, 0.1) is 5.92 Å². The van der Waals surface area contributed by atoms with Crippen LogP contribution in [0.4, 0.5) is 0 Å². The third-order valence-corrected chi connectivity index (χ3v) is 9.55. The number of benzene rings is 4. The Balaban J connectivity index is 1.12. The molecule has 3 atom stereocenters. The highest BCUT2D eigenvalue weighted by Gasteiger charge is 2.35. The molecular weight excluding hydrogens is 534 g/mol. The van der Waals surface area contributed by atoms with E-state index in [4.69, 9.17) is 15.7 Å². The number of carbonyl (C=O) groups is 1. The highest BCUT2D eigenvalue weighted by molar-refractivity contribution is 6.07. The third kappa shape index (κ3) is 4.39. The maximum atomic E-state index is 13.1. The first-order valence-electron chi connectivity index (χ1n) is 15.6. The molecule has 8 heteroatoms. The number of rotatable bonds is 5. The Morgan fingerprint density at radius 3 is 2.07 bits per heavy atom. The first-order chi connectivity index (χ1) is 20.9. The lowest BCUT2D eigenvalue weighted by Crippen LogP contribution is -2.46. The van der Waals surface area contributed by atoms with Crippen molar-refractivity contribution < 1.29 is 4.79 Å². The van der Waals surface area contributed by atoms with Crippen LogP contribution in [0.15, 0.2) is 60.7 Å². The van der Waals surface area contributed by atoms with Crippen LogP contribution in [0.3, 0.4) is 0 Å². The lowest BCUT2D eigenvalue weighted by molar-refractivity contribution is -0.134. The van der Waals surface area contributed by atoms with E-state index in [-0.39, 0.29) is 17.9 Å². The number of amides is 1. The summed E-state index contributed by atoms with van der Waals surface area (Å²) >= 11 is 0. The van der Waals surface area contributed by atoms with Crippen LogP contribution in [0.2, 0.25) is 0 Å². The molecule has 2 fully saturated rings. The number of imidazole rings is 2. The fourth-order valence-corrected chi connectivity index (χ4v) is 7.03. The second-order valence-electron chi connectivity index (χ2n) is 12.6. The van der Waals surface area contributed by atoms with Crippen LogP contribution in [-0.2, 0) is 4.79 Å². The zero-order chi connectivity index (χ0) is 29.2. The van der Waals surface area contributed by atoms with Crippen molar-refractivity contribution in [1.29, 1.82) is 0 Å². The number of aromatic nitrogens is 4. The monoisotopic (exact) mass is 571 g/mol. The smallest absolute Gasteiger partial charge is 0.240 e. The van der Waals surface area contributed by atoms with Crippen LogP contribution in [-0.4, -0.2) is 49.9 Å². The molecule has 4 heterocycles. The number of H-pyrrole nitrogens is 2. The van der Waals surface area contributed by atoms with Gasteiger partial charge in [-0.2, -0.15) is 0 Å². The number of nitrogens with zero attached hydrogens (tertiary/aromatic N) is 3. The number of carbonyl (C=O) groups excluding carboxylic acids is 1. The van der Waals surface area contributed by atoms with Crippen LogP contribution < -0.4 is 11.1 Å². The molecule has 5 N–H and O–H groups in total. The Bertz CT molecular complexity index is 2020. The Morgan fingerprint density at radius 2 is 1.47 bits per heavy atom. The molecule has 0 radical (unpaired) electrons. The molecule has 2 aliphatic rings. The lowest BCUT2D eigenvalue weighted by Gasteiger charge is -2.27. The largest absolute Gasteiger partial charge is 0.341 e. The summed E-state index contributed by atoms with van der Waals surface area (Å²) in [6.07, 6.45) is 4.17. The molecule has 2 saturated heterocycles. The fourth-order valence-electron chi connectivity index (χ4n) is 7.03. The van der Waals surface area contributed by atoms with Crippen molar-refractivity contribution in [2.24, 2.45) is 11.7 Å². The first-order valence-corrected chi connectivity index (χ1v) is 15.6. The van der Waals surface area contributed by atoms with E-state index in [1.54, 1.807) is 0 Å². The molecule has 2 aliphatic heterocycles. The topological polar surface area (TPSA) is 116 Å². The van der Waals surface area contributed by atoms with Gasteiger partial charge in [-0.05, 0) is 84.3 Å². The first kappa shape index (κ1) is 26.4. The summed E-state index contributed by atoms with van der Waals surface area (Å²) < 4.78 is 0. The van der Waals surface area contributed by atoms with Gasteiger partial charge in [-0.1, -0.05) is 50.2 Å². The minimum Gasteiger partial charge on any atom is -0.341 e. The Labute approximate surface area is 250 Å². The quantitative estimate of drug-likeness (QED) is 0.189. The molecule has 8 nitrogen and oxygen atoms in total. The minimum absolute atomic E-state index is 0.0159. The molecule has 6 aromatic rings. The number of fused-ring (bicyclic) bond motifs is 6. The highest BCUT2D eigenvalue weighted by Crippen LogP contribution is 2.36. The van der Waals surface area contributed by atoms with Gasteiger partial charge in [0.1, 0.15) is 11.6 Å². The van der Waals surface area contributed by atoms with Crippen molar-refractivity contribution in [1.82, 2.24) is 30.2 Å². The number of nitrogens with one attached hydrogen (secondary N) is 3. The molecule has 2 aromatic heterocycles. The van der Waals surface area contributed by atoms with Gasteiger partial charge in [0.2, 0.25) is 5.91 Å². The van der Waals surface area contributed by atoms with Crippen molar-refractivity contribution in [3.05, 3.63) is 72.3 Å². The molecule has 0 bridgehead atoms.